The van der Waals surface area contributed by atoms with Gasteiger partial charge in [-0.1, -0.05) is 29.3 Å². The average Bonchev–Trinajstić information content (AvgIpc) is 2.59. The number of benzene rings is 1. The predicted molar refractivity (Wildman–Crippen MR) is 97.4 cm³/mol. The van der Waals surface area contributed by atoms with Crippen molar-refractivity contribution in [1.82, 2.24) is 14.9 Å². The molecule has 0 bridgehead atoms. The number of hydrogen-bond acceptors (Lipinski definition) is 4. The second-order valence-corrected chi connectivity index (χ2v) is 7.39. The number of aromatic amines is 1. The molecule has 1 N–H and O–H groups in total. The molecule has 1 aromatic heterocycles. The molecule has 0 aliphatic carbocycles. The molecule has 3 rings (SSSR count). The summed E-state index contributed by atoms with van der Waals surface area (Å²) in [5.41, 5.74) is 0.318. The molecule has 1 aliphatic rings. The van der Waals surface area contributed by atoms with Gasteiger partial charge in [-0.15, -0.1) is 0 Å². The Balaban J connectivity index is 1.82. The number of H-pyrrole nitrogens is 1. The van der Waals surface area contributed by atoms with E-state index in [0.29, 0.717) is 40.9 Å². The van der Waals surface area contributed by atoms with Gasteiger partial charge in [0, 0.05) is 47.3 Å². The van der Waals surface area contributed by atoms with Crippen molar-refractivity contribution in [3.8, 4) is 0 Å². The Morgan fingerprint density at radius 3 is 2.54 bits per heavy atom. The maximum atomic E-state index is 12.4. The summed E-state index contributed by atoms with van der Waals surface area (Å²) in [4.78, 5) is 33.2. The molecule has 2 heterocycles. The molecule has 1 amide bonds. The third-order valence-corrected chi connectivity index (χ3v) is 5.44. The Bertz CT molecular complexity index is 799. The third kappa shape index (κ3) is 3.77. The molecule has 0 radical (unpaired) electrons. The number of halogens is 2. The summed E-state index contributed by atoms with van der Waals surface area (Å²) in [6.45, 7) is 1.31. The van der Waals surface area contributed by atoms with E-state index in [-0.39, 0.29) is 11.5 Å². The number of rotatable bonds is 3. The Morgan fingerprint density at radius 2 is 1.92 bits per heavy atom. The number of nitrogens with zero attached hydrogens (tertiary/aromatic N) is 2. The van der Waals surface area contributed by atoms with Crippen LogP contribution in [0.1, 0.15) is 21.7 Å². The zero-order valence-corrected chi connectivity index (χ0v) is 15.0. The van der Waals surface area contributed by atoms with Gasteiger partial charge < -0.3 is 9.88 Å². The van der Waals surface area contributed by atoms with Gasteiger partial charge in [0.15, 0.2) is 0 Å². The van der Waals surface area contributed by atoms with Gasteiger partial charge in [0.2, 0.25) is 0 Å². The van der Waals surface area contributed by atoms with Crippen molar-refractivity contribution in [2.45, 2.75) is 6.42 Å². The van der Waals surface area contributed by atoms with E-state index in [9.17, 15) is 9.59 Å². The summed E-state index contributed by atoms with van der Waals surface area (Å²) in [5, 5.41) is 1.02. The van der Waals surface area contributed by atoms with Gasteiger partial charge in [-0.3, -0.25) is 9.59 Å². The fourth-order valence-corrected chi connectivity index (χ4v) is 3.91. The lowest BCUT2D eigenvalue weighted by atomic mass is 10.1. The maximum absolute atomic E-state index is 12.4. The van der Waals surface area contributed by atoms with Gasteiger partial charge in [0.25, 0.3) is 11.5 Å². The van der Waals surface area contributed by atoms with Crippen LogP contribution in [-0.2, 0) is 6.42 Å². The molecule has 126 valence electrons. The third-order valence-electron chi connectivity index (χ3n) is 3.79. The standard InChI is InChI=1S/C16H15Cl2N3O2S/c17-12-2-1-3-13(18)10(12)8-14-19-9-11(15(22)20-14)16(23)21-4-6-24-7-5-21/h1-3,9H,4-8H2,(H,19,20,22). The maximum Gasteiger partial charge on any atom is 0.263 e. The Labute approximate surface area is 153 Å². The van der Waals surface area contributed by atoms with Crippen molar-refractivity contribution >= 4 is 40.9 Å². The van der Waals surface area contributed by atoms with Crippen molar-refractivity contribution in [3.63, 3.8) is 0 Å². The first-order valence-electron chi connectivity index (χ1n) is 7.44. The van der Waals surface area contributed by atoms with Gasteiger partial charge in [-0.25, -0.2) is 4.98 Å². The predicted octanol–water partition coefficient (Wildman–Crippen LogP) is 2.86. The van der Waals surface area contributed by atoms with E-state index in [1.54, 1.807) is 34.9 Å². The first-order valence-corrected chi connectivity index (χ1v) is 9.35. The molecule has 2 aromatic rings. The average molecular weight is 384 g/mol. The normalized spacial score (nSPS) is 14.7. The van der Waals surface area contributed by atoms with Crippen LogP contribution >= 0.6 is 35.0 Å². The van der Waals surface area contributed by atoms with E-state index in [0.717, 1.165) is 11.5 Å². The molecule has 0 atom stereocenters. The fraction of sp³-hybridized carbons (Fsp3) is 0.312. The number of carbonyl (C=O) groups is 1. The largest absolute Gasteiger partial charge is 0.337 e. The molecule has 8 heteroatoms. The highest BCUT2D eigenvalue weighted by Crippen LogP contribution is 2.25. The molecule has 5 nitrogen and oxygen atoms in total. The molecule has 0 unspecified atom stereocenters. The minimum Gasteiger partial charge on any atom is -0.337 e. The first kappa shape index (κ1) is 17.3. The van der Waals surface area contributed by atoms with Gasteiger partial charge >= 0.3 is 0 Å². The van der Waals surface area contributed by atoms with Crippen LogP contribution in [0.5, 0.6) is 0 Å². The minimum absolute atomic E-state index is 0.0657. The molecule has 24 heavy (non-hydrogen) atoms. The molecule has 0 saturated carbocycles. The fourth-order valence-electron chi connectivity index (χ4n) is 2.48. The van der Waals surface area contributed by atoms with E-state index < -0.39 is 5.56 Å². The Hall–Kier alpha value is -1.50. The molecular formula is C16H15Cl2N3O2S. The summed E-state index contributed by atoms with van der Waals surface area (Å²) >= 11 is 14.1. The van der Waals surface area contributed by atoms with Crippen LogP contribution < -0.4 is 5.56 Å². The van der Waals surface area contributed by atoms with E-state index >= 15 is 0 Å². The van der Waals surface area contributed by atoms with Crippen molar-refractivity contribution in [1.29, 1.82) is 0 Å². The molecule has 1 saturated heterocycles. The Kier molecular flexibility index (Phi) is 5.48. The smallest absolute Gasteiger partial charge is 0.263 e. The number of aromatic nitrogens is 2. The number of nitrogens with one attached hydrogen (secondary N) is 1. The zero-order chi connectivity index (χ0) is 17.1. The molecular weight excluding hydrogens is 369 g/mol. The highest BCUT2D eigenvalue weighted by atomic mass is 35.5. The molecule has 1 aliphatic heterocycles. The van der Waals surface area contributed by atoms with Gasteiger partial charge in [-0.2, -0.15) is 11.8 Å². The molecule has 1 fully saturated rings. The minimum atomic E-state index is -0.439. The molecule has 1 aromatic carbocycles. The van der Waals surface area contributed by atoms with Gasteiger partial charge in [0.05, 0.1) is 0 Å². The summed E-state index contributed by atoms with van der Waals surface area (Å²) in [5.74, 6) is 1.92. The van der Waals surface area contributed by atoms with Crippen LogP contribution in [0.25, 0.3) is 0 Å². The van der Waals surface area contributed by atoms with E-state index in [4.69, 9.17) is 23.2 Å². The SMILES string of the molecule is O=C(c1cnc(Cc2c(Cl)cccc2Cl)[nH]c1=O)N1CCSCC1. The highest BCUT2D eigenvalue weighted by Gasteiger charge is 2.21. The summed E-state index contributed by atoms with van der Waals surface area (Å²) in [6, 6.07) is 5.21. The quantitative estimate of drug-likeness (QED) is 0.884. The first-order chi connectivity index (χ1) is 11.6. The number of hydrogen-bond donors (Lipinski definition) is 1. The topological polar surface area (TPSA) is 66.1 Å². The monoisotopic (exact) mass is 383 g/mol. The summed E-state index contributed by atoms with van der Waals surface area (Å²) in [6.07, 6.45) is 1.63. The Morgan fingerprint density at radius 1 is 1.25 bits per heavy atom. The van der Waals surface area contributed by atoms with Crippen LogP contribution in [0.15, 0.2) is 29.2 Å². The lowest BCUT2D eigenvalue weighted by molar-refractivity contribution is 0.0770. The van der Waals surface area contributed by atoms with E-state index in [1.807, 2.05) is 0 Å². The number of carbonyl (C=O) groups excluding carboxylic acids is 1. The van der Waals surface area contributed by atoms with Crippen LogP contribution in [0.4, 0.5) is 0 Å². The van der Waals surface area contributed by atoms with Crippen LogP contribution in [0.2, 0.25) is 10.0 Å². The van der Waals surface area contributed by atoms with Crippen molar-refractivity contribution in [3.05, 3.63) is 61.7 Å². The van der Waals surface area contributed by atoms with Crippen LogP contribution in [0.3, 0.4) is 0 Å². The zero-order valence-electron chi connectivity index (χ0n) is 12.7. The summed E-state index contributed by atoms with van der Waals surface area (Å²) < 4.78 is 0. The molecule has 0 spiro atoms. The second-order valence-electron chi connectivity index (χ2n) is 5.35. The van der Waals surface area contributed by atoms with E-state index in [2.05, 4.69) is 9.97 Å². The number of thioether (sulfide) groups is 1. The van der Waals surface area contributed by atoms with Crippen molar-refractivity contribution in [2.75, 3.05) is 24.6 Å². The van der Waals surface area contributed by atoms with Gasteiger partial charge in [-0.05, 0) is 17.7 Å². The van der Waals surface area contributed by atoms with Crippen LogP contribution in [0, 0.1) is 0 Å². The lowest BCUT2D eigenvalue weighted by Gasteiger charge is -2.26. The van der Waals surface area contributed by atoms with E-state index in [1.165, 1.54) is 6.20 Å². The summed E-state index contributed by atoms with van der Waals surface area (Å²) in [7, 11) is 0. The van der Waals surface area contributed by atoms with Gasteiger partial charge in [0.1, 0.15) is 11.4 Å². The number of amides is 1. The second kappa shape index (κ2) is 7.59. The van der Waals surface area contributed by atoms with Crippen molar-refractivity contribution < 1.29 is 4.79 Å². The van der Waals surface area contributed by atoms with Crippen molar-refractivity contribution in [2.24, 2.45) is 0 Å². The highest BCUT2D eigenvalue weighted by molar-refractivity contribution is 7.99. The van der Waals surface area contributed by atoms with Crippen LogP contribution in [-0.4, -0.2) is 45.4 Å². The lowest BCUT2D eigenvalue weighted by Crippen LogP contribution is -2.40.